The van der Waals surface area contributed by atoms with Crippen molar-refractivity contribution in [2.24, 2.45) is 11.5 Å². The number of nitrogens with two attached hydrogens (primary N) is 2. The number of likely N-dealkylation sites (tertiary alicyclic amines) is 1. The Bertz CT molecular complexity index is 967. The fourth-order valence-corrected chi connectivity index (χ4v) is 3.82. The second kappa shape index (κ2) is 13.2. The number of carbonyl (C=O) groups excluding carboxylic acids is 4. The number of aromatic amines is 1. The van der Waals surface area contributed by atoms with E-state index in [4.69, 9.17) is 16.6 Å². The zero-order valence-electron chi connectivity index (χ0n) is 19.5. The average Bonchev–Trinajstić information content (AvgIpc) is 3.51. The van der Waals surface area contributed by atoms with Crippen molar-refractivity contribution in [3.8, 4) is 0 Å². The van der Waals surface area contributed by atoms with E-state index in [9.17, 15) is 33.9 Å². The van der Waals surface area contributed by atoms with Crippen molar-refractivity contribution in [3.05, 3.63) is 18.2 Å². The quantitative estimate of drug-likeness (QED) is 0.138. The Morgan fingerprint density at radius 1 is 1.08 bits per heavy atom. The van der Waals surface area contributed by atoms with E-state index in [1.807, 2.05) is 0 Å². The standard InChI is InChI=1S/C21H31N7O8/c22-12(3-6-17(30)31)18(32)26-13(4-5-16(23)29)19(33)27-14(8-11-9-24-10-25-11)20(34)28-7-1-2-15(28)21(35)36/h9-10,12-15H,1-8,22H2,(H2,23,29)(H,24,25)(H,26,32)(H,27,33)(H,30,31)(H,35,36). The number of amides is 4. The number of hydrogen-bond donors (Lipinski definition) is 7. The van der Waals surface area contributed by atoms with Gasteiger partial charge in [-0.25, -0.2) is 9.78 Å². The summed E-state index contributed by atoms with van der Waals surface area (Å²) < 4.78 is 0. The maximum absolute atomic E-state index is 13.3. The number of primary amides is 1. The van der Waals surface area contributed by atoms with Gasteiger partial charge < -0.3 is 42.2 Å². The lowest BCUT2D eigenvalue weighted by molar-refractivity contribution is -0.149. The van der Waals surface area contributed by atoms with Gasteiger partial charge >= 0.3 is 11.9 Å². The SMILES string of the molecule is NC(=O)CCC(NC(=O)C(N)CCC(=O)O)C(=O)NC(Cc1cnc[nH]1)C(=O)N1CCCC1C(=O)O. The number of carbonyl (C=O) groups is 6. The Morgan fingerprint density at radius 2 is 1.78 bits per heavy atom. The largest absolute Gasteiger partial charge is 0.481 e. The molecule has 0 spiro atoms. The lowest BCUT2D eigenvalue weighted by Crippen LogP contribution is -2.57. The normalized spacial score (nSPS) is 17.6. The summed E-state index contributed by atoms with van der Waals surface area (Å²) in [7, 11) is 0. The molecule has 0 saturated carbocycles. The first-order valence-electron chi connectivity index (χ1n) is 11.4. The lowest BCUT2D eigenvalue weighted by Gasteiger charge is -2.28. The molecule has 0 radical (unpaired) electrons. The fraction of sp³-hybridized carbons (Fsp3) is 0.571. The van der Waals surface area contributed by atoms with Crippen LogP contribution >= 0.6 is 0 Å². The molecule has 15 heteroatoms. The van der Waals surface area contributed by atoms with E-state index < -0.39 is 59.7 Å². The summed E-state index contributed by atoms with van der Waals surface area (Å²) in [6.07, 6.45) is 2.52. The van der Waals surface area contributed by atoms with Crippen LogP contribution in [0.5, 0.6) is 0 Å². The van der Waals surface area contributed by atoms with Gasteiger partial charge in [-0.2, -0.15) is 0 Å². The van der Waals surface area contributed by atoms with Crippen LogP contribution in [0.4, 0.5) is 0 Å². The molecular formula is C21H31N7O8. The molecule has 2 heterocycles. The van der Waals surface area contributed by atoms with Gasteiger partial charge in [-0.05, 0) is 25.7 Å². The Kier molecular flexibility index (Phi) is 10.3. The van der Waals surface area contributed by atoms with Crippen LogP contribution in [0.25, 0.3) is 0 Å². The maximum Gasteiger partial charge on any atom is 0.326 e. The van der Waals surface area contributed by atoms with Crippen LogP contribution in [0.1, 0.15) is 44.2 Å². The summed E-state index contributed by atoms with van der Waals surface area (Å²) in [5, 5.41) is 23.1. The molecule has 1 aliphatic rings. The van der Waals surface area contributed by atoms with Crippen LogP contribution in [0.2, 0.25) is 0 Å². The molecule has 1 fully saturated rings. The molecule has 1 aromatic heterocycles. The number of hydrogen-bond acceptors (Lipinski definition) is 8. The minimum absolute atomic E-state index is 0.0397. The number of rotatable bonds is 14. The topological polar surface area (TPSA) is 251 Å². The summed E-state index contributed by atoms with van der Waals surface area (Å²) in [6.45, 7) is 0.200. The highest BCUT2D eigenvalue weighted by molar-refractivity contribution is 5.94. The predicted octanol–water partition coefficient (Wildman–Crippen LogP) is -2.54. The Balaban J connectivity index is 2.20. The Hall–Kier alpha value is -4.01. The Labute approximate surface area is 206 Å². The van der Waals surface area contributed by atoms with E-state index in [0.717, 1.165) is 0 Å². The van der Waals surface area contributed by atoms with Gasteiger partial charge in [0.25, 0.3) is 0 Å². The second-order valence-corrected chi connectivity index (χ2v) is 8.48. The van der Waals surface area contributed by atoms with E-state index in [2.05, 4.69) is 20.6 Å². The maximum atomic E-state index is 13.3. The van der Waals surface area contributed by atoms with Crippen molar-refractivity contribution >= 4 is 35.6 Å². The summed E-state index contributed by atoms with van der Waals surface area (Å²) in [6, 6.07) is -4.78. The van der Waals surface area contributed by atoms with E-state index >= 15 is 0 Å². The number of nitrogens with one attached hydrogen (secondary N) is 3. The molecule has 2 rings (SSSR count). The highest BCUT2D eigenvalue weighted by Gasteiger charge is 2.38. The van der Waals surface area contributed by atoms with Gasteiger partial charge in [-0.1, -0.05) is 0 Å². The van der Waals surface area contributed by atoms with Crippen LogP contribution in [0.3, 0.4) is 0 Å². The third-order valence-corrected chi connectivity index (χ3v) is 5.73. The molecule has 4 atom stereocenters. The highest BCUT2D eigenvalue weighted by atomic mass is 16.4. The van der Waals surface area contributed by atoms with Gasteiger partial charge in [-0.15, -0.1) is 0 Å². The number of aromatic nitrogens is 2. The minimum Gasteiger partial charge on any atom is -0.481 e. The smallest absolute Gasteiger partial charge is 0.326 e. The first-order chi connectivity index (χ1) is 17.0. The zero-order valence-corrected chi connectivity index (χ0v) is 19.5. The molecule has 4 amide bonds. The molecule has 1 aromatic rings. The number of H-pyrrole nitrogens is 1. The summed E-state index contributed by atoms with van der Waals surface area (Å²) in [4.78, 5) is 80.3. The summed E-state index contributed by atoms with van der Waals surface area (Å²) >= 11 is 0. The van der Waals surface area contributed by atoms with Crippen molar-refractivity contribution in [3.63, 3.8) is 0 Å². The number of carboxylic acids is 2. The minimum atomic E-state index is -1.31. The number of carboxylic acid groups (broad SMARTS) is 2. The number of imidazole rings is 1. The zero-order chi connectivity index (χ0) is 26.8. The molecule has 1 saturated heterocycles. The number of aliphatic carboxylic acids is 2. The molecule has 198 valence electrons. The third kappa shape index (κ3) is 8.33. The molecule has 0 bridgehead atoms. The van der Waals surface area contributed by atoms with E-state index in [1.54, 1.807) is 0 Å². The molecule has 1 aliphatic heterocycles. The van der Waals surface area contributed by atoms with Gasteiger partial charge in [0.05, 0.1) is 12.4 Å². The monoisotopic (exact) mass is 509 g/mol. The average molecular weight is 510 g/mol. The van der Waals surface area contributed by atoms with Crippen molar-refractivity contribution in [2.45, 2.75) is 69.1 Å². The molecule has 0 aromatic carbocycles. The molecule has 0 aliphatic carbocycles. The lowest BCUT2D eigenvalue weighted by atomic mass is 10.1. The van der Waals surface area contributed by atoms with Gasteiger partial charge in [0.2, 0.25) is 23.6 Å². The molecule has 15 nitrogen and oxygen atoms in total. The highest BCUT2D eigenvalue weighted by Crippen LogP contribution is 2.19. The summed E-state index contributed by atoms with van der Waals surface area (Å²) in [5.74, 6) is -5.30. The van der Waals surface area contributed by atoms with Crippen LogP contribution in [0.15, 0.2) is 12.5 Å². The van der Waals surface area contributed by atoms with Crippen LogP contribution in [-0.2, 0) is 35.2 Å². The van der Waals surface area contributed by atoms with Crippen molar-refractivity contribution < 1.29 is 39.0 Å². The first kappa shape index (κ1) is 28.2. The van der Waals surface area contributed by atoms with E-state index in [-0.39, 0.29) is 45.1 Å². The number of nitrogens with zero attached hydrogens (tertiary/aromatic N) is 2. The predicted molar refractivity (Wildman–Crippen MR) is 122 cm³/mol. The van der Waals surface area contributed by atoms with E-state index in [0.29, 0.717) is 12.1 Å². The van der Waals surface area contributed by atoms with Crippen molar-refractivity contribution in [1.29, 1.82) is 0 Å². The van der Waals surface area contributed by atoms with E-state index in [1.165, 1.54) is 17.4 Å². The first-order valence-corrected chi connectivity index (χ1v) is 11.4. The van der Waals surface area contributed by atoms with Crippen molar-refractivity contribution in [2.75, 3.05) is 6.54 Å². The Morgan fingerprint density at radius 3 is 2.36 bits per heavy atom. The molecule has 4 unspecified atom stereocenters. The van der Waals surface area contributed by atoms with Crippen LogP contribution < -0.4 is 22.1 Å². The molecule has 36 heavy (non-hydrogen) atoms. The molecular weight excluding hydrogens is 478 g/mol. The summed E-state index contributed by atoms with van der Waals surface area (Å²) in [5.41, 5.74) is 11.4. The van der Waals surface area contributed by atoms with Gasteiger partial charge in [0.1, 0.15) is 18.1 Å². The van der Waals surface area contributed by atoms with Crippen LogP contribution in [0, 0.1) is 0 Å². The fourth-order valence-electron chi connectivity index (χ4n) is 3.82. The van der Waals surface area contributed by atoms with Gasteiger partial charge in [0.15, 0.2) is 0 Å². The van der Waals surface area contributed by atoms with Gasteiger partial charge in [-0.3, -0.25) is 24.0 Å². The van der Waals surface area contributed by atoms with Crippen molar-refractivity contribution in [1.82, 2.24) is 25.5 Å². The molecule has 9 N–H and O–H groups in total. The van der Waals surface area contributed by atoms with Gasteiger partial charge in [0, 0.05) is 37.7 Å². The van der Waals surface area contributed by atoms with Crippen LogP contribution in [-0.4, -0.2) is 91.4 Å². The second-order valence-electron chi connectivity index (χ2n) is 8.48. The third-order valence-electron chi connectivity index (χ3n) is 5.73.